The van der Waals surface area contributed by atoms with Gasteiger partial charge < -0.3 is 10.6 Å². The molecule has 4 heterocycles. The lowest BCUT2D eigenvalue weighted by Gasteiger charge is -2.42. The van der Waals surface area contributed by atoms with Crippen LogP contribution < -0.4 is 10.6 Å². The second kappa shape index (κ2) is 8.06. The van der Waals surface area contributed by atoms with Gasteiger partial charge in [0.15, 0.2) is 5.82 Å². The van der Waals surface area contributed by atoms with Crippen LogP contribution in [0.2, 0.25) is 0 Å². The van der Waals surface area contributed by atoms with Crippen molar-refractivity contribution in [3.63, 3.8) is 0 Å². The average molecular weight is 482 g/mol. The van der Waals surface area contributed by atoms with Crippen molar-refractivity contribution in [3.8, 4) is 11.3 Å². The molecule has 1 aliphatic heterocycles. The summed E-state index contributed by atoms with van der Waals surface area (Å²) in [4.78, 5) is 7.41. The first-order valence-corrected chi connectivity index (χ1v) is 11.5. The smallest absolute Gasteiger partial charge is 0.155 e. The summed E-state index contributed by atoms with van der Waals surface area (Å²) >= 11 is 0. The number of nitrogens with two attached hydrogens (primary N) is 1. The summed E-state index contributed by atoms with van der Waals surface area (Å²) in [7, 11) is 1.94. The van der Waals surface area contributed by atoms with Crippen molar-refractivity contribution in [2.75, 3.05) is 18.0 Å². The zero-order chi connectivity index (χ0) is 22.9. The molecule has 7 nitrogen and oxygen atoms in total. The average Bonchev–Trinajstić information content (AvgIpc) is 3.48. The van der Waals surface area contributed by atoms with Crippen molar-refractivity contribution >= 4 is 23.7 Å². The Labute approximate surface area is 204 Å². The molecule has 0 saturated carbocycles. The van der Waals surface area contributed by atoms with Crippen LogP contribution in [0.15, 0.2) is 36.7 Å². The van der Waals surface area contributed by atoms with Crippen molar-refractivity contribution < 1.29 is 4.39 Å². The zero-order valence-electron chi connectivity index (χ0n) is 19.6. The van der Waals surface area contributed by atoms with E-state index in [9.17, 15) is 4.39 Å². The van der Waals surface area contributed by atoms with Crippen LogP contribution in [0.5, 0.6) is 0 Å². The quantitative estimate of drug-likeness (QED) is 0.465. The first-order chi connectivity index (χ1) is 15.9. The lowest BCUT2D eigenvalue weighted by Crippen LogP contribution is -2.44. The molecule has 0 unspecified atom stereocenters. The van der Waals surface area contributed by atoms with Gasteiger partial charge in [0.1, 0.15) is 11.3 Å². The molecule has 1 atom stereocenters. The van der Waals surface area contributed by atoms with Crippen molar-refractivity contribution in [1.29, 1.82) is 0 Å². The minimum absolute atomic E-state index is 0. The highest BCUT2D eigenvalue weighted by Crippen LogP contribution is 2.51. The van der Waals surface area contributed by atoms with E-state index >= 15 is 0 Å². The Kier molecular flexibility index (Phi) is 5.41. The lowest BCUT2D eigenvalue weighted by molar-refractivity contribution is 0.187. The molecule has 9 heteroatoms. The second-order valence-corrected chi connectivity index (χ2v) is 9.61. The topological polar surface area (TPSA) is 77.3 Å². The van der Waals surface area contributed by atoms with Crippen molar-refractivity contribution in [2.45, 2.75) is 39.2 Å². The number of hydrogen-bond donors (Lipinski definition) is 1. The van der Waals surface area contributed by atoms with E-state index in [2.05, 4.69) is 22.0 Å². The number of hydrogen-bond acceptors (Lipinski definition) is 5. The van der Waals surface area contributed by atoms with E-state index in [1.807, 2.05) is 47.7 Å². The Bertz CT molecular complexity index is 1380. The number of fused-ring (bicyclic) bond motifs is 2. The number of aromatic nitrogens is 5. The largest absolute Gasteiger partial charge is 0.355 e. The molecule has 34 heavy (non-hydrogen) atoms. The molecule has 1 aliphatic carbocycles. The number of halogens is 2. The van der Waals surface area contributed by atoms with Gasteiger partial charge in [0.2, 0.25) is 0 Å². The molecule has 6 rings (SSSR count). The summed E-state index contributed by atoms with van der Waals surface area (Å²) in [6, 6.07) is 6.99. The molecule has 1 saturated heterocycles. The molecular weight excluding hydrogens is 453 g/mol. The molecule has 1 spiro atoms. The summed E-state index contributed by atoms with van der Waals surface area (Å²) in [5, 5.41) is 9.05. The first kappa shape index (κ1) is 22.8. The second-order valence-electron chi connectivity index (χ2n) is 9.61. The molecule has 1 aromatic carbocycles. The van der Waals surface area contributed by atoms with Crippen LogP contribution in [0, 0.1) is 25.1 Å². The van der Waals surface area contributed by atoms with Gasteiger partial charge in [-0.3, -0.25) is 4.68 Å². The molecule has 4 aromatic rings. The predicted molar refractivity (Wildman–Crippen MR) is 133 cm³/mol. The van der Waals surface area contributed by atoms with Gasteiger partial charge in [0.25, 0.3) is 0 Å². The van der Waals surface area contributed by atoms with Gasteiger partial charge in [0, 0.05) is 37.4 Å². The minimum atomic E-state index is -0.203. The van der Waals surface area contributed by atoms with Gasteiger partial charge in [-0.1, -0.05) is 6.07 Å². The van der Waals surface area contributed by atoms with Crippen LogP contribution in [-0.2, 0) is 13.5 Å². The van der Waals surface area contributed by atoms with Gasteiger partial charge in [-0.05, 0) is 67.9 Å². The monoisotopic (exact) mass is 481 g/mol. The third kappa shape index (κ3) is 3.23. The Balaban J connectivity index is 0.00000241. The SMILES string of the molecule is Cc1nc(N2CCC3(CC2)Cc2ccc(F)cc2[C@H]3N)c2ccnn2c1-c1cnn(C)c1C.Cl. The van der Waals surface area contributed by atoms with E-state index in [0.29, 0.717) is 0 Å². The van der Waals surface area contributed by atoms with Crippen molar-refractivity contribution in [1.82, 2.24) is 24.4 Å². The summed E-state index contributed by atoms with van der Waals surface area (Å²) in [6.45, 7) is 5.82. The molecule has 3 aromatic heterocycles. The number of benzene rings is 1. The molecule has 2 aliphatic rings. The van der Waals surface area contributed by atoms with Crippen LogP contribution in [0.4, 0.5) is 10.2 Å². The maximum Gasteiger partial charge on any atom is 0.155 e. The van der Waals surface area contributed by atoms with Crippen LogP contribution in [0.1, 0.15) is 41.4 Å². The van der Waals surface area contributed by atoms with Crippen molar-refractivity contribution in [3.05, 3.63) is 65.0 Å². The summed E-state index contributed by atoms with van der Waals surface area (Å²) in [5.41, 5.74) is 13.9. The fourth-order valence-corrected chi connectivity index (χ4v) is 5.83. The van der Waals surface area contributed by atoms with E-state index in [4.69, 9.17) is 10.7 Å². The van der Waals surface area contributed by atoms with Gasteiger partial charge in [-0.15, -0.1) is 12.4 Å². The summed E-state index contributed by atoms with van der Waals surface area (Å²) in [6.07, 6.45) is 6.54. The molecule has 0 radical (unpaired) electrons. The summed E-state index contributed by atoms with van der Waals surface area (Å²) in [5.74, 6) is 0.755. The van der Waals surface area contributed by atoms with Crippen LogP contribution in [0.3, 0.4) is 0 Å². The Morgan fingerprint density at radius 3 is 2.59 bits per heavy atom. The molecule has 178 valence electrons. The first-order valence-electron chi connectivity index (χ1n) is 11.5. The van der Waals surface area contributed by atoms with Gasteiger partial charge in [-0.25, -0.2) is 13.9 Å². The predicted octanol–water partition coefficient (Wildman–Crippen LogP) is 4.15. The summed E-state index contributed by atoms with van der Waals surface area (Å²) < 4.78 is 17.7. The fourth-order valence-electron chi connectivity index (χ4n) is 5.83. The Morgan fingerprint density at radius 2 is 1.88 bits per heavy atom. The van der Waals surface area contributed by atoms with Gasteiger partial charge >= 0.3 is 0 Å². The zero-order valence-corrected chi connectivity index (χ0v) is 20.4. The number of nitrogens with zero attached hydrogens (tertiary/aromatic N) is 6. The Hall–Kier alpha value is -2.97. The molecular formula is C25H29ClFN7. The number of piperidine rings is 1. The highest BCUT2D eigenvalue weighted by molar-refractivity contribution is 5.85. The fraction of sp³-hybridized carbons (Fsp3) is 0.400. The van der Waals surface area contributed by atoms with Crippen LogP contribution in [0.25, 0.3) is 16.8 Å². The highest BCUT2D eigenvalue weighted by atomic mass is 35.5. The van der Waals surface area contributed by atoms with E-state index in [-0.39, 0.29) is 29.7 Å². The van der Waals surface area contributed by atoms with Gasteiger partial charge in [0.05, 0.1) is 23.8 Å². The maximum absolute atomic E-state index is 13.8. The van der Waals surface area contributed by atoms with Crippen LogP contribution >= 0.6 is 12.4 Å². The van der Waals surface area contributed by atoms with Gasteiger partial charge in [-0.2, -0.15) is 10.2 Å². The van der Waals surface area contributed by atoms with E-state index in [0.717, 1.165) is 71.9 Å². The highest BCUT2D eigenvalue weighted by Gasteiger charge is 2.46. The lowest BCUT2D eigenvalue weighted by atomic mass is 9.73. The molecule has 0 bridgehead atoms. The van der Waals surface area contributed by atoms with E-state index in [1.165, 1.54) is 5.56 Å². The third-order valence-electron chi connectivity index (χ3n) is 7.89. The van der Waals surface area contributed by atoms with Crippen molar-refractivity contribution in [2.24, 2.45) is 18.2 Å². The number of anilines is 1. The third-order valence-corrected chi connectivity index (χ3v) is 7.89. The van der Waals surface area contributed by atoms with Crippen LogP contribution in [-0.4, -0.2) is 37.5 Å². The minimum Gasteiger partial charge on any atom is -0.355 e. The Morgan fingerprint density at radius 1 is 1.12 bits per heavy atom. The number of aryl methyl sites for hydroxylation is 2. The number of rotatable bonds is 2. The standard InChI is InChI=1S/C25H28FN7.ClH/c1-15-22(20-14-29-31(3)16(20)2)33-21(6-9-28-33)24(30-15)32-10-7-25(8-11-32)13-17-4-5-18(26)12-19(17)23(25)27;/h4-6,9,12,14,23H,7-8,10-11,13,27H2,1-3H3;1H/t23-;/m1./s1. The molecule has 2 N–H and O–H groups in total. The van der Waals surface area contributed by atoms with E-state index in [1.54, 1.807) is 12.1 Å². The normalized spacial score (nSPS) is 19.0. The maximum atomic E-state index is 13.8. The molecule has 1 fully saturated rings. The molecule has 0 amide bonds. The van der Waals surface area contributed by atoms with E-state index < -0.39 is 0 Å².